The molecule has 0 saturated carbocycles. The molecule has 0 aliphatic rings. The van der Waals surface area contributed by atoms with Crippen molar-refractivity contribution in [3.8, 4) is 11.1 Å². The van der Waals surface area contributed by atoms with E-state index < -0.39 is 17.7 Å². The molecule has 2 aromatic rings. The number of carbonyl (C=O) groups excluding carboxylic acids is 1. The van der Waals surface area contributed by atoms with Gasteiger partial charge in [-0.1, -0.05) is 18.2 Å². The third-order valence-electron chi connectivity index (χ3n) is 3.29. The number of hydrogen-bond donors (Lipinski definition) is 2. The number of amides is 1. The van der Waals surface area contributed by atoms with E-state index in [1.54, 1.807) is 12.1 Å². The van der Waals surface area contributed by atoms with Crippen molar-refractivity contribution in [2.75, 3.05) is 5.32 Å². The van der Waals surface area contributed by atoms with Gasteiger partial charge in [-0.05, 0) is 41.0 Å². The van der Waals surface area contributed by atoms with Crippen molar-refractivity contribution < 1.29 is 27.9 Å². The number of aliphatic carboxylic acids is 1. The number of rotatable bonds is 4. The monoisotopic (exact) mass is 337 g/mol. The van der Waals surface area contributed by atoms with Crippen LogP contribution in [0.15, 0.2) is 42.5 Å². The number of nitrogens with one attached hydrogen (secondary N) is 1. The van der Waals surface area contributed by atoms with Crippen LogP contribution in [-0.4, -0.2) is 17.0 Å². The maximum absolute atomic E-state index is 12.6. The van der Waals surface area contributed by atoms with Gasteiger partial charge < -0.3 is 10.4 Å². The Labute approximate surface area is 135 Å². The highest BCUT2D eigenvalue weighted by Crippen LogP contribution is 2.32. The zero-order chi connectivity index (χ0) is 17.9. The fourth-order valence-corrected chi connectivity index (χ4v) is 2.30. The average molecular weight is 337 g/mol. The number of benzene rings is 2. The second-order valence-corrected chi connectivity index (χ2v) is 5.20. The van der Waals surface area contributed by atoms with Gasteiger partial charge in [0.25, 0.3) is 0 Å². The highest BCUT2D eigenvalue weighted by Gasteiger charge is 2.30. The number of hydrogen-bond acceptors (Lipinski definition) is 2. The van der Waals surface area contributed by atoms with E-state index >= 15 is 0 Å². The predicted molar refractivity (Wildman–Crippen MR) is 82.5 cm³/mol. The van der Waals surface area contributed by atoms with E-state index in [1.165, 1.54) is 25.1 Å². The van der Waals surface area contributed by atoms with Gasteiger partial charge in [-0.25, -0.2) is 0 Å². The normalized spacial score (nSPS) is 11.2. The molecular weight excluding hydrogens is 323 g/mol. The lowest BCUT2D eigenvalue weighted by atomic mass is 9.96. The van der Waals surface area contributed by atoms with Gasteiger partial charge in [-0.15, -0.1) is 0 Å². The highest BCUT2D eigenvalue weighted by molar-refractivity contribution is 5.89. The zero-order valence-electron chi connectivity index (χ0n) is 12.6. The highest BCUT2D eigenvalue weighted by atomic mass is 19.4. The summed E-state index contributed by atoms with van der Waals surface area (Å²) < 4.78 is 37.9. The molecule has 126 valence electrons. The first-order valence-electron chi connectivity index (χ1n) is 6.97. The van der Waals surface area contributed by atoms with Crippen LogP contribution in [0, 0.1) is 0 Å². The van der Waals surface area contributed by atoms with Crippen LogP contribution in [0.1, 0.15) is 18.1 Å². The Kier molecular flexibility index (Phi) is 4.92. The number of halogens is 3. The first kappa shape index (κ1) is 17.5. The van der Waals surface area contributed by atoms with Gasteiger partial charge in [0.1, 0.15) is 0 Å². The Morgan fingerprint density at radius 1 is 1.08 bits per heavy atom. The molecular formula is C17H14F3NO3. The van der Waals surface area contributed by atoms with E-state index in [0.29, 0.717) is 22.4 Å². The Bertz CT molecular complexity index is 768. The van der Waals surface area contributed by atoms with Crippen LogP contribution in [0.5, 0.6) is 0 Å². The molecule has 0 fully saturated rings. The number of carboxylic acids is 1. The van der Waals surface area contributed by atoms with Gasteiger partial charge in [0.05, 0.1) is 12.0 Å². The Morgan fingerprint density at radius 2 is 1.71 bits per heavy atom. The summed E-state index contributed by atoms with van der Waals surface area (Å²) in [4.78, 5) is 22.1. The Balaban J connectivity index is 2.44. The van der Waals surface area contributed by atoms with E-state index in [-0.39, 0.29) is 12.3 Å². The second-order valence-electron chi connectivity index (χ2n) is 5.20. The van der Waals surface area contributed by atoms with Gasteiger partial charge in [-0.3, -0.25) is 9.59 Å². The predicted octanol–water partition coefficient (Wildman–Crippen LogP) is 3.96. The molecule has 0 heterocycles. The standard InChI is InChI=1S/C17H14F3NO3/c1-10(22)21-14-6-7-15(12(8-14)9-16(23)24)11-2-4-13(5-3-11)17(18,19)20/h2-8H,9H2,1H3,(H,21,22)(H,23,24). The third kappa shape index (κ3) is 4.34. The molecule has 2 rings (SSSR count). The van der Waals surface area contributed by atoms with Crippen molar-refractivity contribution in [2.45, 2.75) is 19.5 Å². The van der Waals surface area contributed by atoms with Gasteiger partial charge in [0.15, 0.2) is 0 Å². The first-order valence-corrected chi connectivity index (χ1v) is 6.97. The van der Waals surface area contributed by atoms with Crippen molar-refractivity contribution in [2.24, 2.45) is 0 Å². The van der Waals surface area contributed by atoms with Crippen molar-refractivity contribution in [1.29, 1.82) is 0 Å². The van der Waals surface area contributed by atoms with Gasteiger partial charge >= 0.3 is 12.1 Å². The van der Waals surface area contributed by atoms with E-state index in [0.717, 1.165) is 12.1 Å². The van der Waals surface area contributed by atoms with Gasteiger partial charge in [-0.2, -0.15) is 13.2 Å². The van der Waals surface area contributed by atoms with E-state index in [1.807, 2.05) is 0 Å². The molecule has 24 heavy (non-hydrogen) atoms. The lowest BCUT2D eigenvalue weighted by molar-refractivity contribution is -0.138. The smallest absolute Gasteiger partial charge is 0.416 e. The molecule has 0 saturated heterocycles. The molecule has 4 nitrogen and oxygen atoms in total. The minimum atomic E-state index is -4.43. The molecule has 0 aliphatic heterocycles. The maximum atomic E-state index is 12.6. The summed E-state index contributed by atoms with van der Waals surface area (Å²) in [5, 5.41) is 11.6. The number of carbonyl (C=O) groups is 2. The van der Waals surface area contributed by atoms with Crippen LogP contribution >= 0.6 is 0 Å². The molecule has 0 aromatic heterocycles. The molecule has 0 unspecified atom stereocenters. The lowest BCUT2D eigenvalue weighted by Crippen LogP contribution is -2.08. The molecule has 2 aromatic carbocycles. The van der Waals surface area contributed by atoms with E-state index in [2.05, 4.69) is 5.32 Å². The summed E-state index contributed by atoms with van der Waals surface area (Å²) in [5.41, 5.74) is 1.01. The van der Waals surface area contributed by atoms with Crippen LogP contribution in [-0.2, 0) is 22.2 Å². The molecule has 0 aliphatic carbocycles. The first-order chi connectivity index (χ1) is 11.2. The topological polar surface area (TPSA) is 66.4 Å². The Hall–Kier alpha value is -2.83. The van der Waals surface area contributed by atoms with Gasteiger partial charge in [0, 0.05) is 12.6 Å². The van der Waals surface area contributed by atoms with Crippen LogP contribution in [0.2, 0.25) is 0 Å². The lowest BCUT2D eigenvalue weighted by Gasteiger charge is -2.12. The summed E-state index contributed by atoms with van der Waals surface area (Å²) in [6.45, 7) is 1.32. The van der Waals surface area contributed by atoms with Crippen LogP contribution in [0.4, 0.5) is 18.9 Å². The number of anilines is 1. The van der Waals surface area contributed by atoms with E-state index in [4.69, 9.17) is 5.11 Å². The summed E-state index contributed by atoms with van der Waals surface area (Å²) in [6.07, 6.45) is -4.75. The molecule has 0 spiro atoms. The molecule has 0 atom stereocenters. The number of carboxylic acid groups (broad SMARTS) is 1. The summed E-state index contributed by atoms with van der Waals surface area (Å²) in [5.74, 6) is -1.39. The summed E-state index contributed by atoms with van der Waals surface area (Å²) in [7, 11) is 0. The van der Waals surface area contributed by atoms with Crippen LogP contribution < -0.4 is 5.32 Å². The number of alkyl halides is 3. The maximum Gasteiger partial charge on any atom is 0.416 e. The van der Waals surface area contributed by atoms with Crippen molar-refractivity contribution in [1.82, 2.24) is 0 Å². The molecule has 0 radical (unpaired) electrons. The third-order valence-corrected chi connectivity index (χ3v) is 3.29. The Morgan fingerprint density at radius 3 is 2.21 bits per heavy atom. The van der Waals surface area contributed by atoms with Gasteiger partial charge in [0.2, 0.25) is 5.91 Å². The van der Waals surface area contributed by atoms with Crippen LogP contribution in [0.25, 0.3) is 11.1 Å². The minimum absolute atomic E-state index is 0.307. The molecule has 1 amide bonds. The largest absolute Gasteiger partial charge is 0.481 e. The van der Waals surface area contributed by atoms with Crippen molar-refractivity contribution in [3.63, 3.8) is 0 Å². The van der Waals surface area contributed by atoms with Crippen LogP contribution in [0.3, 0.4) is 0 Å². The quantitative estimate of drug-likeness (QED) is 0.887. The molecule has 7 heteroatoms. The summed E-state index contributed by atoms with van der Waals surface area (Å²) >= 11 is 0. The fraction of sp³-hybridized carbons (Fsp3) is 0.176. The molecule has 0 bridgehead atoms. The minimum Gasteiger partial charge on any atom is -0.481 e. The zero-order valence-corrected chi connectivity index (χ0v) is 12.6. The van der Waals surface area contributed by atoms with Crippen molar-refractivity contribution in [3.05, 3.63) is 53.6 Å². The average Bonchev–Trinajstić information content (AvgIpc) is 2.45. The van der Waals surface area contributed by atoms with Crippen molar-refractivity contribution >= 4 is 17.6 Å². The SMILES string of the molecule is CC(=O)Nc1ccc(-c2ccc(C(F)(F)F)cc2)c(CC(=O)O)c1. The fourth-order valence-electron chi connectivity index (χ4n) is 2.30. The van der Waals surface area contributed by atoms with E-state index in [9.17, 15) is 22.8 Å². The second kappa shape index (κ2) is 6.74. The summed E-state index contributed by atoms with van der Waals surface area (Å²) in [6, 6.07) is 9.13. The molecule has 2 N–H and O–H groups in total.